The normalized spacial score (nSPS) is 11.3. The summed E-state index contributed by atoms with van der Waals surface area (Å²) >= 11 is 5.98. The summed E-state index contributed by atoms with van der Waals surface area (Å²) in [6.07, 6.45) is 1.47. The van der Waals surface area contributed by atoms with E-state index >= 15 is 0 Å². The molecule has 0 saturated heterocycles. The van der Waals surface area contributed by atoms with Crippen molar-refractivity contribution in [2.45, 2.75) is 33.6 Å². The number of hydrogen-bond donors (Lipinski definition) is 1. The molecule has 0 aliphatic carbocycles. The largest absolute Gasteiger partial charge is 0.293 e. The maximum absolute atomic E-state index is 12.6. The first-order valence-electron chi connectivity index (χ1n) is 7.45. The molecule has 0 bridgehead atoms. The van der Waals surface area contributed by atoms with Crippen molar-refractivity contribution in [3.8, 4) is 11.1 Å². The number of nitrogens with one attached hydrogen (secondary N) is 1. The van der Waals surface area contributed by atoms with Gasteiger partial charge in [0, 0.05) is 27.5 Å². The Hall–Kier alpha value is -2.07. The number of hydrogen-bond acceptors (Lipinski definition) is 2. The first-order chi connectivity index (χ1) is 10.6. The van der Waals surface area contributed by atoms with Gasteiger partial charge in [-0.15, -0.1) is 0 Å². The van der Waals surface area contributed by atoms with Gasteiger partial charge >= 0.3 is 0 Å². The van der Waals surface area contributed by atoms with Gasteiger partial charge in [-0.05, 0) is 37.5 Å². The third-order valence-electron chi connectivity index (χ3n) is 4.00. The quantitative estimate of drug-likeness (QED) is 0.799. The van der Waals surface area contributed by atoms with E-state index in [0.29, 0.717) is 17.1 Å². The molecule has 5 heteroatoms. The van der Waals surface area contributed by atoms with E-state index in [1.165, 1.54) is 0 Å². The van der Waals surface area contributed by atoms with Crippen LogP contribution in [0.3, 0.4) is 0 Å². The van der Waals surface area contributed by atoms with Crippen molar-refractivity contribution < 1.29 is 0 Å². The fraction of sp³-hybridized carbons (Fsp3) is 0.294. The van der Waals surface area contributed by atoms with Gasteiger partial charge in [-0.2, -0.15) is 0 Å². The van der Waals surface area contributed by atoms with Crippen LogP contribution in [0.15, 0.2) is 29.1 Å². The molecule has 0 fully saturated rings. The van der Waals surface area contributed by atoms with Gasteiger partial charge in [0.2, 0.25) is 0 Å². The monoisotopic (exact) mass is 315 g/mol. The Morgan fingerprint density at radius 1 is 1.18 bits per heavy atom. The van der Waals surface area contributed by atoms with Crippen LogP contribution in [0.25, 0.3) is 16.8 Å². The molecule has 0 aliphatic heterocycles. The molecule has 0 aliphatic rings. The number of nitrogens with zero attached hydrogens (tertiary/aromatic N) is 2. The molecule has 114 valence electrons. The third-order valence-corrected chi connectivity index (χ3v) is 4.25. The smallest absolute Gasteiger partial charge is 0.276 e. The molecule has 2 aromatic heterocycles. The number of aryl methyl sites for hydroxylation is 2. The standard InChI is InChI=1S/C17H18ClN3O/c1-4-13-10(3)19-16-15(11-6-8-12(18)9-7-11)14(5-2)20-21(16)17(13)22/h6-9,20H,4-5H2,1-3H3. The molecule has 3 aromatic rings. The van der Waals surface area contributed by atoms with E-state index in [1.54, 1.807) is 4.52 Å². The molecule has 1 aromatic carbocycles. The van der Waals surface area contributed by atoms with E-state index in [-0.39, 0.29) is 5.56 Å². The van der Waals surface area contributed by atoms with Gasteiger partial charge in [0.1, 0.15) is 0 Å². The second kappa shape index (κ2) is 5.61. The molecule has 0 atom stereocenters. The molecule has 3 rings (SSSR count). The highest BCUT2D eigenvalue weighted by atomic mass is 35.5. The molecule has 4 nitrogen and oxygen atoms in total. The Labute approximate surface area is 133 Å². The Bertz CT molecular complexity index is 891. The lowest BCUT2D eigenvalue weighted by Gasteiger charge is -2.05. The number of benzene rings is 1. The van der Waals surface area contributed by atoms with E-state index in [4.69, 9.17) is 11.6 Å². The molecule has 1 N–H and O–H groups in total. The number of halogens is 1. The van der Waals surface area contributed by atoms with Gasteiger partial charge in [0.25, 0.3) is 5.56 Å². The summed E-state index contributed by atoms with van der Waals surface area (Å²) in [5.74, 6) is 0. The summed E-state index contributed by atoms with van der Waals surface area (Å²) in [5.41, 5.74) is 5.20. The van der Waals surface area contributed by atoms with Crippen LogP contribution in [0, 0.1) is 6.92 Å². The van der Waals surface area contributed by atoms with Crippen LogP contribution in [0.2, 0.25) is 5.02 Å². The van der Waals surface area contributed by atoms with Crippen LogP contribution in [0.5, 0.6) is 0 Å². The first kappa shape index (κ1) is 14.9. The van der Waals surface area contributed by atoms with Crippen molar-refractivity contribution in [2.75, 3.05) is 0 Å². The third kappa shape index (κ3) is 2.24. The fourth-order valence-corrected chi connectivity index (χ4v) is 2.97. The lowest BCUT2D eigenvalue weighted by Crippen LogP contribution is -2.21. The zero-order valence-corrected chi connectivity index (χ0v) is 13.7. The van der Waals surface area contributed by atoms with Gasteiger partial charge in [0.15, 0.2) is 5.65 Å². The lowest BCUT2D eigenvalue weighted by molar-refractivity contribution is 0.827. The molecule has 0 unspecified atom stereocenters. The van der Waals surface area contributed by atoms with E-state index in [1.807, 2.05) is 38.1 Å². The molecule has 0 saturated carbocycles. The average molecular weight is 316 g/mol. The van der Waals surface area contributed by atoms with E-state index in [9.17, 15) is 4.79 Å². The van der Waals surface area contributed by atoms with Crippen molar-refractivity contribution in [3.63, 3.8) is 0 Å². The molecule has 22 heavy (non-hydrogen) atoms. The van der Waals surface area contributed by atoms with E-state index in [0.717, 1.165) is 34.5 Å². The highest BCUT2D eigenvalue weighted by Crippen LogP contribution is 2.28. The van der Waals surface area contributed by atoms with Crippen LogP contribution in [0.4, 0.5) is 0 Å². The van der Waals surface area contributed by atoms with E-state index < -0.39 is 0 Å². The van der Waals surface area contributed by atoms with Gasteiger partial charge in [0.05, 0.1) is 0 Å². The van der Waals surface area contributed by atoms with Crippen molar-refractivity contribution in [2.24, 2.45) is 0 Å². The van der Waals surface area contributed by atoms with Crippen molar-refractivity contribution >= 4 is 17.2 Å². The topological polar surface area (TPSA) is 50.2 Å². The van der Waals surface area contributed by atoms with Gasteiger partial charge in [-0.3, -0.25) is 9.89 Å². The maximum atomic E-state index is 12.6. The summed E-state index contributed by atoms with van der Waals surface area (Å²) in [6.45, 7) is 5.93. The van der Waals surface area contributed by atoms with Crippen molar-refractivity contribution in [1.82, 2.24) is 14.6 Å². The predicted molar refractivity (Wildman–Crippen MR) is 89.8 cm³/mol. The van der Waals surface area contributed by atoms with Crippen LogP contribution in [0.1, 0.15) is 30.8 Å². The maximum Gasteiger partial charge on any atom is 0.276 e. The highest BCUT2D eigenvalue weighted by Gasteiger charge is 2.17. The number of aromatic amines is 1. The van der Waals surface area contributed by atoms with Crippen molar-refractivity contribution in [3.05, 3.63) is 56.6 Å². The molecular weight excluding hydrogens is 298 g/mol. The van der Waals surface area contributed by atoms with Crippen LogP contribution < -0.4 is 5.56 Å². The minimum absolute atomic E-state index is 0.0140. The zero-order chi connectivity index (χ0) is 15.9. The molecule has 0 radical (unpaired) electrons. The number of aromatic nitrogens is 3. The van der Waals surface area contributed by atoms with Crippen LogP contribution >= 0.6 is 11.6 Å². The first-order valence-corrected chi connectivity index (χ1v) is 7.83. The minimum Gasteiger partial charge on any atom is -0.293 e. The molecular formula is C17H18ClN3O. The summed E-state index contributed by atoms with van der Waals surface area (Å²) in [4.78, 5) is 17.3. The predicted octanol–water partition coefficient (Wildman–Crippen LogP) is 3.78. The summed E-state index contributed by atoms with van der Waals surface area (Å²) < 4.78 is 1.56. The fourth-order valence-electron chi connectivity index (χ4n) is 2.84. The van der Waals surface area contributed by atoms with Gasteiger partial charge in [-0.1, -0.05) is 37.6 Å². The second-order valence-corrected chi connectivity index (χ2v) is 5.76. The Kier molecular flexibility index (Phi) is 3.79. The second-order valence-electron chi connectivity index (χ2n) is 5.32. The Morgan fingerprint density at radius 2 is 1.86 bits per heavy atom. The average Bonchev–Trinajstić information content (AvgIpc) is 2.87. The van der Waals surface area contributed by atoms with E-state index in [2.05, 4.69) is 17.0 Å². The van der Waals surface area contributed by atoms with Gasteiger partial charge in [-0.25, -0.2) is 9.50 Å². The minimum atomic E-state index is -0.0140. The Morgan fingerprint density at radius 3 is 2.45 bits per heavy atom. The number of H-pyrrole nitrogens is 1. The molecule has 2 heterocycles. The van der Waals surface area contributed by atoms with Crippen LogP contribution in [-0.2, 0) is 12.8 Å². The highest BCUT2D eigenvalue weighted by molar-refractivity contribution is 6.30. The summed E-state index contributed by atoms with van der Waals surface area (Å²) in [5, 5.41) is 3.90. The number of fused-ring (bicyclic) bond motifs is 1. The Balaban J connectivity index is 2.38. The van der Waals surface area contributed by atoms with Crippen LogP contribution in [-0.4, -0.2) is 14.6 Å². The zero-order valence-electron chi connectivity index (χ0n) is 12.9. The molecule has 0 spiro atoms. The number of rotatable bonds is 3. The summed E-state index contributed by atoms with van der Waals surface area (Å²) in [6, 6.07) is 7.62. The van der Waals surface area contributed by atoms with Crippen molar-refractivity contribution in [1.29, 1.82) is 0 Å². The van der Waals surface area contributed by atoms with Gasteiger partial charge < -0.3 is 0 Å². The summed E-state index contributed by atoms with van der Waals surface area (Å²) in [7, 11) is 0. The lowest BCUT2D eigenvalue weighted by atomic mass is 10.0. The molecule has 0 amide bonds. The SMILES string of the molecule is CCc1[nH]n2c(=O)c(CC)c(C)nc2c1-c1ccc(Cl)cc1.